The standard InChI is InChI=1S/C16H17Cl2NS/c1-19-15(13-9-14(17)20-16(13)18)12-8-3-2-7-11(12)10-5-4-6-10/h2-3,7-10,15,19H,4-6H2,1H3. The molecule has 3 rings (SSSR count). The summed E-state index contributed by atoms with van der Waals surface area (Å²) in [6.07, 6.45) is 3.94. The van der Waals surface area contributed by atoms with Gasteiger partial charge in [-0.05, 0) is 43.0 Å². The van der Waals surface area contributed by atoms with Crippen LogP contribution in [0.3, 0.4) is 0 Å². The average Bonchev–Trinajstić information content (AvgIpc) is 2.70. The van der Waals surface area contributed by atoms with Crippen LogP contribution in [0, 0.1) is 0 Å². The van der Waals surface area contributed by atoms with E-state index in [9.17, 15) is 0 Å². The number of hydrogen-bond acceptors (Lipinski definition) is 2. The molecule has 0 aliphatic heterocycles. The minimum Gasteiger partial charge on any atom is -0.309 e. The van der Waals surface area contributed by atoms with Gasteiger partial charge in [-0.3, -0.25) is 0 Å². The van der Waals surface area contributed by atoms with Crippen molar-refractivity contribution in [2.24, 2.45) is 0 Å². The van der Waals surface area contributed by atoms with Crippen LogP contribution in [-0.4, -0.2) is 7.05 Å². The molecule has 1 nitrogen and oxygen atoms in total. The smallest absolute Gasteiger partial charge is 0.0995 e. The Kier molecular flexibility index (Phi) is 4.37. The Labute approximate surface area is 133 Å². The maximum absolute atomic E-state index is 6.34. The molecule has 1 heterocycles. The first-order chi connectivity index (χ1) is 9.70. The van der Waals surface area contributed by atoms with E-state index in [4.69, 9.17) is 23.2 Å². The Bertz CT molecular complexity index is 604. The van der Waals surface area contributed by atoms with Crippen molar-refractivity contribution >= 4 is 34.5 Å². The quantitative estimate of drug-likeness (QED) is 0.767. The zero-order chi connectivity index (χ0) is 14.1. The van der Waals surface area contributed by atoms with E-state index in [1.165, 1.54) is 41.7 Å². The molecule has 0 amide bonds. The Hall–Kier alpha value is -0.540. The molecule has 1 fully saturated rings. The van der Waals surface area contributed by atoms with Crippen LogP contribution < -0.4 is 5.32 Å². The van der Waals surface area contributed by atoms with Crippen molar-refractivity contribution in [1.82, 2.24) is 5.32 Å². The molecule has 4 heteroatoms. The van der Waals surface area contributed by atoms with E-state index in [0.29, 0.717) is 5.92 Å². The van der Waals surface area contributed by atoms with E-state index >= 15 is 0 Å². The van der Waals surface area contributed by atoms with Crippen LogP contribution in [0.5, 0.6) is 0 Å². The number of thiophene rings is 1. The summed E-state index contributed by atoms with van der Waals surface area (Å²) < 4.78 is 1.52. The lowest BCUT2D eigenvalue weighted by molar-refractivity contribution is 0.415. The van der Waals surface area contributed by atoms with Gasteiger partial charge in [0.15, 0.2) is 0 Å². The summed E-state index contributed by atoms with van der Waals surface area (Å²) in [6.45, 7) is 0. The highest BCUT2D eigenvalue weighted by molar-refractivity contribution is 7.20. The molecule has 1 aromatic carbocycles. The van der Waals surface area contributed by atoms with Crippen LogP contribution in [0.2, 0.25) is 8.67 Å². The second-order valence-electron chi connectivity index (χ2n) is 5.26. The summed E-state index contributed by atoms with van der Waals surface area (Å²) in [5, 5.41) is 3.40. The van der Waals surface area contributed by atoms with E-state index in [1.54, 1.807) is 0 Å². The van der Waals surface area contributed by atoms with Gasteiger partial charge in [0.05, 0.1) is 14.7 Å². The van der Waals surface area contributed by atoms with Crippen molar-refractivity contribution in [2.75, 3.05) is 7.05 Å². The second kappa shape index (κ2) is 6.07. The van der Waals surface area contributed by atoms with Crippen molar-refractivity contribution in [3.05, 3.63) is 55.7 Å². The number of hydrogen-bond donors (Lipinski definition) is 1. The Morgan fingerprint density at radius 3 is 2.50 bits per heavy atom. The van der Waals surface area contributed by atoms with Crippen molar-refractivity contribution in [3.8, 4) is 0 Å². The zero-order valence-electron chi connectivity index (χ0n) is 11.3. The van der Waals surface area contributed by atoms with Gasteiger partial charge in [-0.15, -0.1) is 11.3 Å². The predicted octanol–water partition coefficient (Wildman–Crippen LogP) is 5.63. The maximum atomic E-state index is 6.34. The number of nitrogens with one attached hydrogen (secondary N) is 1. The van der Waals surface area contributed by atoms with Crippen molar-refractivity contribution in [3.63, 3.8) is 0 Å². The summed E-state index contributed by atoms with van der Waals surface area (Å²) in [6, 6.07) is 10.8. The van der Waals surface area contributed by atoms with Crippen molar-refractivity contribution in [1.29, 1.82) is 0 Å². The van der Waals surface area contributed by atoms with Crippen LogP contribution in [0.4, 0.5) is 0 Å². The number of rotatable bonds is 4. The summed E-state index contributed by atoms with van der Waals surface area (Å²) >= 11 is 13.9. The molecule has 1 atom stereocenters. The number of benzene rings is 1. The highest BCUT2D eigenvalue weighted by Gasteiger charge is 2.26. The molecule has 0 radical (unpaired) electrons. The van der Waals surface area contributed by atoms with Gasteiger partial charge in [-0.25, -0.2) is 0 Å². The van der Waals surface area contributed by atoms with Crippen LogP contribution >= 0.6 is 34.5 Å². The van der Waals surface area contributed by atoms with E-state index in [-0.39, 0.29) is 6.04 Å². The van der Waals surface area contributed by atoms with Gasteiger partial charge in [0.2, 0.25) is 0 Å². The second-order valence-corrected chi connectivity index (χ2v) is 7.54. The SMILES string of the molecule is CNC(c1ccccc1C1CCC1)c1cc(Cl)sc1Cl. The molecular weight excluding hydrogens is 309 g/mol. The minimum absolute atomic E-state index is 0.114. The van der Waals surface area contributed by atoms with E-state index < -0.39 is 0 Å². The Morgan fingerprint density at radius 1 is 1.20 bits per heavy atom. The van der Waals surface area contributed by atoms with Crippen LogP contribution in [-0.2, 0) is 0 Å². The lowest BCUT2D eigenvalue weighted by atomic mass is 9.76. The predicted molar refractivity (Wildman–Crippen MR) is 88.3 cm³/mol. The van der Waals surface area contributed by atoms with E-state index in [2.05, 4.69) is 29.6 Å². The molecule has 0 bridgehead atoms. The molecular formula is C16H17Cl2NS. The minimum atomic E-state index is 0.114. The van der Waals surface area contributed by atoms with Crippen LogP contribution in [0.15, 0.2) is 30.3 Å². The molecule has 20 heavy (non-hydrogen) atoms. The Balaban J connectivity index is 2.03. The first-order valence-corrected chi connectivity index (χ1v) is 8.48. The molecule has 0 spiro atoms. The fourth-order valence-corrected chi connectivity index (χ4v) is 4.43. The van der Waals surface area contributed by atoms with Crippen LogP contribution in [0.25, 0.3) is 0 Å². The van der Waals surface area contributed by atoms with Gasteiger partial charge in [0.1, 0.15) is 0 Å². The highest BCUT2D eigenvalue weighted by Crippen LogP contribution is 2.43. The molecule has 106 valence electrons. The normalized spacial score (nSPS) is 16.9. The summed E-state index contributed by atoms with van der Waals surface area (Å²) in [5.41, 5.74) is 3.86. The fourth-order valence-electron chi connectivity index (χ4n) is 2.89. The summed E-state index contributed by atoms with van der Waals surface area (Å²) in [4.78, 5) is 0. The van der Waals surface area contributed by atoms with Gasteiger partial charge in [0, 0.05) is 5.56 Å². The average molecular weight is 326 g/mol. The van der Waals surface area contributed by atoms with Gasteiger partial charge >= 0.3 is 0 Å². The zero-order valence-corrected chi connectivity index (χ0v) is 13.7. The molecule has 1 aliphatic rings. The molecule has 2 aromatic rings. The first-order valence-electron chi connectivity index (χ1n) is 6.91. The third-order valence-electron chi connectivity index (χ3n) is 4.13. The first kappa shape index (κ1) is 14.4. The van der Waals surface area contributed by atoms with Gasteiger partial charge in [-0.2, -0.15) is 0 Å². The molecule has 1 saturated carbocycles. The molecule has 1 aliphatic carbocycles. The monoisotopic (exact) mass is 325 g/mol. The molecule has 1 N–H and O–H groups in total. The summed E-state index contributed by atoms with van der Waals surface area (Å²) in [5.74, 6) is 0.704. The largest absolute Gasteiger partial charge is 0.309 e. The third-order valence-corrected chi connectivity index (χ3v) is 5.65. The van der Waals surface area contributed by atoms with E-state index in [0.717, 1.165) is 14.2 Å². The topological polar surface area (TPSA) is 12.0 Å². The van der Waals surface area contributed by atoms with Crippen LogP contribution in [0.1, 0.15) is 47.9 Å². The third kappa shape index (κ3) is 2.62. The lowest BCUT2D eigenvalue weighted by Crippen LogP contribution is -2.21. The van der Waals surface area contributed by atoms with Gasteiger partial charge in [0.25, 0.3) is 0 Å². The summed E-state index contributed by atoms with van der Waals surface area (Å²) in [7, 11) is 1.98. The molecule has 1 aromatic heterocycles. The van der Waals surface area contributed by atoms with Crippen molar-refractivity contribution < 1.29 is 0 Å². The van der Waals surface area contributed by atoms with Crippen molar-refractivity contribution in [2.45, 2.75) is 31.2 Å². The lowest BCUT2D eigenvalue weighted by Gasteiger charge is -2.30. The number of halogens is 2. The highest BCUT2D eigenvalue weighted by atomic mass is 35.5. The molecule has 1 unspecified atom stereocenters. The molecule has 0 saturated heterocycles. The van der Waals surface area contributed by atoms with E-state index in [1.807, 2.05) is 13.1 Å². The Morgan fingerprint density at radius 2 is 1.95 bits per heavy atom. The maximum Gasteiger partial charge on any atom is 0.0995 e. The fraction of sp³-hybridized carbons (Fsp3) is 0.375. The van der Waals surface area contributed by atoms with Gasteiger partial charge in [-0.1, -0.05) is 53.9 Å². The van der Waals surface area contributed by atoms with Gasteiger partial charge < -0.3 is 5.32 Å².